The van der Waals surface area contributed by atoms with E-state index in [-0.39, 0.29) is 31.9 Å². The maximum Gasteiger partial charge on any atom is 0.131 e. The molecule has 3 aromatic heterocycles. The number of fused-ring (bicyclic) bond motifs is 6. The van der Waals surface area contributed by atoms with E-state index < -0.39 is 0 Å². The first-order valence-corrected chi connectivity index (χ1v) is 19.8. The van der Waals surface area contributed by atoms with Gasteiger partial charge in [-0.2, -0.15) is 0 Å². The molecule has 54 heavy (non-hydrogen) atoms. The number of aromatic hydroxyl groups is 1. The molecule has 8 aromatic rings. The molecule has 0 bridgehead atoms. The maximum atomic E-state index is 11.8. The molecule has 4 nitrogen and oxygen atoms in total. The van der Waals surface area contributed by atoms with Crippen LogP contribution in [-0.2, 0) is 31.9 Å². The number of hydrogen-bond donors (Lipinski definition) is 1. The minimum absolute atomic E-state index is 0. The van der Waals surface area contributed by atoms with Crippen molar-refractivity contribution in [2.24, 2.45) is 0 Å². The summed E-state index contributed by atoms with van der Waals surface area (Å²) in [5.41, 5.74) is 10.1. The van der Waals surface area contributed by atoms with Gasteiger partial charge in [0.25, 0.3) is 0 Å². The molecule has 0 aliphatic heterocycles. The number of phenols is 1. The molecule has 1 aliphatic rings. The van der Waals surface area contributed by atoms with Gasteiger partial charge in [0.05, 0.1) is 16.7 Å². The molecular formula is C48H45N2O2PtS-. The molecule has 0 radical (unpaired) electrons. The summed E-state index contributed by atoms with van der Waals surface area (Å²) >= 11 is 1.61. The van der Waals surface area contributed by atoms with Gasteiger partial charge in [0, 0.05) is 54.0 Å². The third kappa shape index (κ3) is 6.38. The number of rotatable bonds is 4. The van der Waals surface area contributed by atoms with Gasteiger partial charge in [-0.3, -0.25) is 4.98 Å². The molecule has 1 saturated carbocycles. The zero-order valence-electron chi connectivity index (χ0n) is 31.7. The molecule has 0 amide bonds. The van der Waals surface area contributed by atoms with Crippen LogP contribution in [0.15, 0.2) is 95.5 Å². The Hall–Kier alpha value is -4.31. The van der Waals surface area contributed by atoms with Crippen LogP contribution < -0.4 is 0 Å². The molecule has 6 heteroatoms. The van der Waals surface area contributed by atoms with E-state index in [2.05, 4.69) is 133 Å². The third-order valence-corrected chi connectivity index (χ3v) is 12.3. The van der Waals surface area contributed by atoms with Crippen molar-refractivity contribution in [1.29, 1.82) is 0 Å². The first kappa shape index (κ1) is 36.7. The fourth-order valence-electron chi connectivity index (χ4n) is 8.22. The van der Waals surface area contributed by atoms with Gasteiger partial charge in [-0.1, -0.05) is 138 Å². The Bertz CT molecular complexity index is 2700. The van der Waals surface area contributed by atoms with Crippen LogP contribution in [0.1, 0.15) is 96.3 Å². The monoisotopic (exact) mass is 908 g/mol. The van der Waals surface area contributed by atoms with Crippen molar-refractivity contribution in [3.63, 3.8) is 0 Å². The number of phenolic OH excluding ortho intramolecular Hbond substituents is 1. The van der Waals surface area contributed by atoms with Crippen molar-refractivity contribution in [3.8, 4) is 38.7 Å². The van der Waals surface area contributed by atoms with Gasteiger partial charge in [0.2, 0.25) is 0 Å². The maximum absolute atomic E-state index is 11.8. The van der Waals surface area contributed by atoms with Crippen molar-refractivity contribution in [3.05, 3.63) is 114 Å². The van der Waals surface area contributed by atoms with Crippen molar-refractivity contribution in [2.45, 2.75) is 90.4 Å². The third-order valence-electron chi connectivity index (χ3n) is 11.2. The second kappa shape index (κ2) is 13.8. The fourth-order valence-corrected chi connectivity index (χ4v) is 9.23. The molecule has 0 atom stereocenters. The van der Waals surface area contributed by atoms with Crippen LogP contribution >= 0.6 is 11.3 Å². The topological polar surface area (TPSA) is 59.2 Å². The summed E-state index contributed by atoms with van der Waals surface area (Å²) in [6.45, 7) is 13.1. The average Bonchev–Trinajstić information content (AvgIpc) is 3.76. The molecule has 0 saturated heterocycles. The van der Waals surface area contributed by atoms with Crippen LogP contribution in [0, 0.1) is 6.07 Å². The molecule has 1 aliphatic carbocycles. The van der Waals surface area contributed by atoms with Gasteiger partial charge in [0.15, 0.2) is 0 Å². The van der Waals surface area contributed by atoms with Gasteiger partial charge in [-0.15, -0.1) is 23.5 Å². The number of pyridine rings is 1. The van der Waals surface area contributed by atoms with Gasteiger partial charge in [-0.25, -0.2) is 4.98 Å². The summed E-state index contributed by atoms with van der Waals surface area (Å²) in [6.07, 6.45) is 8.33. The molecule has 276 valence electrons. The van der Waals surface area contributed by atoms with Crippen LogP contribution in [0.25, 0.3) is 75.9 Å². The number of aromatic nitrogens is 2. The predicted octanol–water partition coefficient (Wildman–Crippen LogP) is 13.9. The van der Waals surface area contributed by atoms with E-state index >= 15 is 0 Å². The van der Waals surface area contributed by atoms with E-state index in [1.54, 1.807) is 11.3 Å². The summed E-state index contributed by atoms with van der Waals surface area (Å²) in [4.78, 5) is 10.3. The quantitative estimate of drug-likeness (QED) is 0.179. The van der Waals surface area contributed by atoms with E-state index in [0.717, 1.165) is 81.4 Å². The Morgan fingerprint density at radius 2 is 1.56 bits per heavy atom. The summed E-state index contributed by atoms with van der Waals surface area (Å²) < 4.78 is 7.95. The zero-order valence-corrected chi connectivity index (χ0v) is 34.8. The van der Waals surface area contributed by atoms with Gasteiger partial charge in [0.1, 0.15) is 16.3 Å². The van der Waals surface area contributed by atoms with Crippen molar-refractivity contribution in [2.75, 3.05) is 0 Å². The summed E-state index contributed by atoms with van der Waals surface area (Å²) in [5.74, 6) is 0.874. The first-order chi connectivity index (χ1) is 25.4. The Kier molecular flexibility index (Phi) is 9.34. The Labute approximate surface area is 335 Å². The number of thiazole rings is 1. The molecule has 5 aromatic carbocycles. The van der Waals surface area contributed by atoms with E-state index in [4.69, 9.17) is 14.4 Å². The first-order valence-electron chi connectivity index (χ1n) is 19.0. The molecule has 1 fully saturated rings. The van der Waals surface area contributed by atoms with E-state index in [9.17, 15) is 5.11 Å². The van der Waals surface area contributed by atoms with Gasteiger partial charge >= 0.3 is 0 Å². The summed E-state index contributed by atoms with van der Waals surface area (Å²) in [7, 11) is 0. The van der Waals surface area contributed by atoms with Crippen LogP contribution in [0.4, 0.5) is 0 Å². The number of hydrogen-bond acceptors (Lipinski definition) is 5. The summed E-state index contributed by atoms with van der Waals surface area (Å²) in [6, 6.07) is 33.9. The molecule has 1 N–H and O–H groups in total. The Balaban J connectivity index is 0.00000413. The number of nitrogens with zero attached hydrogens (tertiary/aromatic N) is 2. The zero-order chi connectivity index (χ0) is 36.6. The largest absolute Gasteiger partial charge is 0.507 e. The molecule has 3 heterocycles. The Morgan fingerprint density at radius 3 is 2.33 bits per heavy atom. The second-order valence-corrected chi connectivity index (χ2v) is 18.0. The van der Waals surface area contributed by atoms with Crippen LogP contribution in [0.3, 0.4) is 0 Å². The molecule has 0 spiro atoms. The standard InChI is InChI=1S/C48H45N2O2S.Pt/c1-47(2,3)32-26-38(43(51)39(27-32)48(4,5)6)46-50-42-34(17-12-18-41(42)53-46)36-23-31(40-25-30(21-22-49-40)28-13-8-7-9-14-28)24-37-35-20-19-29-15-10-11-16-33(29)44(35)52-45(36)37;/h10-12,15-22,24-28,51H,7-9,13-14H2,1-6H3;/q-1;. The van der Waals surface area contributed by atoms with Crippen LogP contribution in [-0.4, -0.2) is 15.1 Å². The second-order valence-electron chi connectivity index (χ2n) is 17.0. The molecule has 0 unspecified atom stereocenters. The van der Waals surface area contributed by atoms with E-state index in [1.807, 2.05) is 6.20 Å². The SMILES string of the molecule is CC(C)(C)c1cc(-c2nc3c(-c4[c-]c(-c5cc(C6CCCCC6)ccn5)cc5c4oc4c6ccccc6ccc54)cccc3s2)c(O)c(C(C)(C)C)c1.[Pt]. The van der Waals surface area contributed by atoms with Gasteiger partial charge in [-0.05, 0) is 69.7 Å². The molecular weight excluding hydrogens is 864 g/mol. The normalized spacial score (nSPS) is 14.3. The van der Waals surface area contributed by atoms with E-state index in [1.165, 1.54) is 43.2 Å². The number of benzene rings is 5. The Morgan fingerprint density at radius 1 is 0.759 bits per heavy atom. The van der Waals surface area contributed by atoms with Crippen LogP contribution in [0.2, 0.25) is 0 Å². The van der Waals surface area contributed by atoms with Crippen LogP contribution in [0.5, 0.6) is 5.75 Å². The van der Waals surface area contributed by atoms with E-state index in [0.29, 0.717) is 11.7 Å². The minimum atomic E-state index is -0.239. The average molecular weight is 909 g/mol. The smallest absolute Gasteiger partial charge is 0.131 e. The number of furan rings is 1. The van der Waals surface area contributed by atoms with Crippen molar-refractivity contribution in [1.82, 2.24) is 9.97 Å². The fraction of sp³-hybridized carbons (Fsp3) is 0.292. The summed E-state index contributed by atoms with van der Waals surface area (Å²) in [5, 5.41) is 16.9. The molecule has 9 rings (SSSR count). The number of para-hydroxylation sites is 1. The van der Waals surface area contributed by atoms with Crippen molar-refractivity contribution < 1.29 is 30.6 Å². The van der Waals surface area contributed by atoms with Crippen molar-refractivity contribution >= 4 is 54.3 Å². The van der Waals surface area contributed by atoms with Gasteiger partial charge < -0.3 is 9.52 Å². The predicted molar refractivity (Wildman–Crippen MR) is 222 cm³/mol. The minimum Gasteiger partial charge on any atom is -0.507 e.